The van der Waals surface area contributed by atoms with E-state index in [1.807, 2.05) is 24.3 Å². The third kappa shape index (κ3) is 4.85. The fourth-order valence-corrected chi connectivity index (χ4v) is 9.05. The van der Waals surface area contributed by atoms with Gasteiger partial charge in [-0.3, -0.25) is 9.97 Å². The van der Waals surface area contributed by atoms with Crippen molar-refractivity contribution in [2.24, 2.45) is 35.5 Å². The molecule has 0 atom stereocenters. The van der Waals surface area contributed by atoms with Crippen molar-refractivity contribution in [2.75, 3.05) is 0 Å². The van der Waals surface area contributed by atoms with E-state index in [4.69, 9.17) is 0 Å². The quantitative estimate of drug-likeness (QED) is 0.452. The molecule has 2 aromatic rings. The molecule has 8 aliphatic rings. The zero-order valence-electron chi connectivity index (χ0n) is 19.6. The SMILES string of the molecule is C1B2CC3CC1CC(C2)C3.C1B2CC3CC1CC(C2)C3.c1cc(-c2ccncc2)ccn1. The highest BCUT2D eigenvalue weighted by Gasteiger charge is 2.44. The molecule has 8 heterocycles. The molecule has 6 saturated heterocycles. The van der Waals surface area contributed by atoms with Gasteiger partial charge in [-0.1, -0.05) is 37.9 Å². The normalized spacial score (nSPS) is 35.1. The molecular formula is C28H38B2N2. The van der Waals surface area contributed by atoms with Crippen LogP contribution in [0.3, 0.4) is 0 Å². The van der Waals surface area contributed by atoms with E-state index < -0.39 is 0 Å². The zero-order valence-corrected chi connectivity index (χ0v) is 19.6. The van der Waals surface area contributed by atoms with Gasteiger partial charge in [-0.05, 0) is 109 Å². The van der Waals surface area contributed by atoms with Crippen LogP contribution in [0.1, 0.15) is 38.5 Å². The van der Waals surface area contributed by atoms with Crippen molar-refractivity contribution in [2.45, 2.75) is 76.4 Å². The Morgan fingerprint density at radius 1 is 0.438 bits per heavy atom. The van der Waals surface area contributed by atoms with Crippen molar-refractivity contribution in [3.05, 3.63) is 49.1 Å². The first-order chi connectivity index (χ1) is 15.8. The van der Waals surface area contributed by atoms with Gasteiger partial charge in [-0.25, -0.2) is 0 Å². The third-order valence-electron chi connectivity index (χ3n) is 9.69. The lowest BCUT2D eigenvalue weighted by atomic mass is 9.28. The van der Waals surface area contributed by atoms with Gasteiger partial charge in [0.2, 0.25) is 0 Å². The van der Waals surface area contributed by atoms with Crippen molar-refractivity contribution < 1.29 is 0 Å². The van der Waals surface area contributed by atoms with Gasteiger partial charge in [-0.2, -0.15) is 0 Å². The lowest BCUT2D eigenvalue weighted by Crippen LogP contribution is -2.42. The van der Waals surface area contributed by atoms with Gasteiger partial charge < -0.3 is 0 Å². The highest BCUT2D eigenvalue weighted by molar-refractivity contribution is 6.60. The van der Waals surface area contributed by atoms with E-state index in [0.717, 1.165) is 0 Å². The summed E-state index contributed by atoms with van der Waals surface area (Å²) in [5, 5.41) is 0. The molecule has 2 nitrogen and oxygen atoms in total. The van der Waals surface area contributed by atoms with E-state index >= 15 is 0 Å². The molecule has 0 aromatic carbocycles. The zero-order chi connectivity index (χ0) is 21.3. The molecule has 32 heavy (non-hydrogen) atoms. The third-order valence-corrected chi connectivity index (χ3v) is 9.69. The summed E-state index contributed by atoms with van der Waals surface area (Å²) in [4.78, 5) is 7.91. The number of hydrogen-bond acceptors (Lipinski definition) is 2. The van der Waals surface area contributed by atoms with Crippen LogP contribution < -0.4 is 0 Å². The molecule has 6 aliphatic heterocycles. The van der Waals surface area contributed by atoms with Crippen molar-refractivity contribution in [3.8, 4) is 11.1 Å². The molecule has 2 aliphatic carbocycles. The summed E-state index contributed by atoms with van der Waals surface area (Å²) in [5.41, 5.74) is 2.35. The standard InChI is InChI=1S/C10H8N2.2C9H15B/c1-5-11-6-2-9(1)10-3-7-12-8-4-10;2*1-7-2-9-3-8(1)5-10(4-7)6-9/h1-8H;2*7-9H,1-6H2. The Balaban J connectivity index is 0.0000000920. The van der Waals surface area contributed by atoms with Crippen LogP contribution in [0.5, 0.6) is 0 Å². The van der Waals surface area contributed by atoms with Crippen LogP contribution in [0, 0.1) is 35.5 Å². The summed E-state index contributed by atoms with van der Waals surface area (Å²) in [6.07, 6.45) is 26.4. The van der Waals surface area contributed by atoms with Gasteiger partial charge in [-0.15, -0.1) is 0 Å². The first-order valence-corrected chi connectivity index (χ1v) is 13.6. The van der Waals surface area contributed by atoms with Gasteiger partial charge >= 0.3 is 0 Å². The fraction of sp³-hybridized carbons (Fsp3) is 0.643. The van der Waals surface area contributed by atoms with Crippen molar-refractivity contribution in [1.82, 2.24) is 9.97 Å². The van der Waals surface area contributed by atoms with Crippen LogP contribution in [-0.2, 0) is 0 Å². The molecule has 8 bridgehead atoms. The molecule has 0 radical (unpaired) electrons. The highest BCUT2D eigenvalue weighted by atomic mass is 14.6. The van der Waals surface area contributed by atoms with Crippen LogP contribution in [-0.4, -0.2) is 23.4 Å². The fourth-order valence-electron chi connectivity index (χ4n) is 9.05. The van der Waals surface area contributed by atoms with E-state index in [0.29, 0.717) is 0 Å². The molecule has 0 spiro atoms. The summed E-state index contributed by atoms with van der Waals surface area (Å²) in [7, 11) is 0. The summed E-state index contributed by atoms with van der Waals surface area (Å²) in [5.74, 6) is 7.06. The maximum atomic E-state index is 3.96. The van der Waals surface area contributed by atoms with Gasteiger partial charge in [0.25, 0.3) is 0 Å². The summed E-state index contributed by atoms with van der Waals surface area (Å²) in [6, 6.07) is 7.93. The lowest BCUT2D eigenvalue weighted by molar-refractivity contribution is 0.194. The number of pyridine rings is 2. The smallest absolute Gasteiger partial charge is 0.140 e. The largest absolute Gasteiger partial charge is 0.265 e. The van der Waals surface area contributed by atoms with Crippen LogP contribution in [0.25, 0.3) is 11.1 Å². The highest BCUT2D eigenvalue weighted by Crippen LogP contribution is 2.52. The van der Waals surface area contributed by atoms with E-state index in [9.17, 15) is 0 Å². The maximum absolute atomic E-state index is 3.96. The van der Waals surface area contributed by atoms with Gasteiger partial charge in [0.05, 0.1) is 0 Å². The molecule has 8 fully saturated rings. The van der Waals surface area contributed by atoms with Crippen molar-refractivity contribution in [1.29, 1.82) is 0 Å². The van der Waals surface area contributed by atoms with Crippen LogP contribution in [0.15, 0.2) is 49.1 Å². The van der Waals surface area contributed by atoms with Gasteiger partial charge in [0, 0.05) is 24.8 Å². The summed E-state index contributed by atoms with van der Waals surface area (Å²) in [6.45, 7) is 2.35. The first-order valence-electron chi connectivity index (χ1n) is 13.6. The molecule has 0 amide bonds. The summed E-state index contributed by atoms with van der Waals surface area (Å²) < 4.78 is 0. The minimum absolute atomic E-state index is 1.17. The number of hydrogen-bond donors (Lipinski definition) is 0. The predicted octanol–water partition coefficient (Wildman–Crippen LogP) is 7.23. The molecule has 4 heteroatoms. The monoisotopic (exact) mass is 424 g/mol. The van der Waals surface area contributed by atoms with E-state index in [1.165, 1.54) is 60.1 Å². The Bertz CT molecular complexity index is 685. The number of nitrogens with zero attached hydrogens (tertiary/aromatic N) is 2. The first kappa shape index (κ1) is 21.0. The van der Waals surface area contributed by atoms with Crippen molar-refractivity contribution >= 4 is 13.4 Å². The second-order valence-electron chi connectivity index (χ2n) is 12.2. The van der Waals surface area contributed by atoms with E-state index in [2.05, 4.69) is 9.97 Å². The molecule has 2 saturated carbocycles. The summed E-state index contributed by atoms with van der Waals surface area (Å²) >= 11 is 0. The predicted molar refractivity (Wildman–Crippen MR) is 136 cm³/mol. The van der Waals surface area contributed by atoms with Gasteiger partial charge in [0.1, 0.15) is 13.4 Å². The van der Waals surface area contributed by atoms with Gasteiger partial charge in [0.15, 0.2) is 0 Å². The Labute approximate surface area is 195 Å². The average Bonchev–Trinajstić information content (AvgIpc) is 2.79. The Hall–Kier alpha value is -1.57. The molecule has 0 unspecified atom stereocenters. The molecule has 0 N–H and O–H groups in total. The minimum Gasteiger partial charge on any atom is -0.265 e. The van der Waals surface area contributed by atoms with Crippen LogP contribution in [0.2, 0.25) is 37.9 Å². The van der Waals surface area contributed by atoms with Crippen molar-refractivity contribution in [3.63, 3.8) is 0 Å². The topological polar surface area (TPSA) is 25.8 Å². The molecule has 166 valence electrons. The van der Waals surface area contributed by atoms with E-state index in [-0.39, 0.29) is 0 Å². The Kier molecular flexibility index (Phi) is 6.14. The van der Waals surface area contributed by atoms with E-state index in [1.54, 1.807) is 101 Å². The number of aromatic nitrogens is 2. The second-order valence-corrected chi connectivity index (χ2v) is 12.2. The lowest BCUT2D eigenvalue weighted by Gasteiger charge is -2.48. The molecule has 2 aromatic heterocycles. The Morgan fingerprint density at radius 2 is 0.688 bits per heavy atom. The number of rotatable bonds is 1. The Morgan fingerprint density at radius 3 is 0.906 bits per heavy atom. The van der Waals surface area contributed by atoms with Crippen LogP contribution >= 0.6 is 0 Å². The maximum Gasteiger partial charge on any atom is 0.140 e. The minimum atomic E-state index is 1.17. The van der Waals surface area contributed by atoms with Crippen LogP contribution in [0.4, 0.5) is 0 Å². The average molecular weight is 424 g/mol. The molecular weight excluding hydrogens is 386 g/mol. The molecule has 10 rings (SSSR count). The second kappa shape index (κ2) is 9.35.